The van der Waals surface area contributed by atoms with Crippen LogP contribution in [0.15, 0.2) is 18.2 Å². The molecule has 1 saturated heterocycles. The molecule has 2 fully saturated rings. The van der Waals surface area contributed by atoms with Gasteiger partial charge in [-0.15, -0.1) is 0 Å². The zero-order valence-corrected chi connectivity index (χ0v) is 12.7. The van der Waals surface area contributed by atoms with Gasteiger partial charge in [0.15, 0.2) is 0 Å². The average molecular weight is 314 g/mol. The lowest BCUT2D eigenvalue weighted by molar-refractivity contribution is 0.0480. The van der Waals surface area contributed by atoms with Gasteiger partial charge in [0.2, 0.25) is 0 Å². The summed E-state index contributed by atoms with van der Waals surface area (Å²) < 4.78 is 5.84. The van der Waals surface area contributed by atoms with Crippen LogP contribution in [0.25, 0.3) is 0 Å². The fourth-order valence-electron chi connectivity index (χ4n) is 2.44. The molecule has 3 rings (SSSR count). The van der Waals surface area contributed by atoms with Gasteiger partial charge in [-0.05, 0) is 43.4 Å². The van der Waals surface area contributed by atoms with Crippen molar-refractivity contribution < 1.29 is 9.53 Å². The predicted molar refractivity (Wildman–Crippen MR) is 79.4 cm³/mol. The van der Waals surface area contributed by atoms with Crippen LogP contribution in [0.2, 0.25) is 10.0 Å². The monoisotopic (exact) mass is 313 g/mol. The van der Waals surface area contributed by atoms with Gasteiger partial charge in [-0.2, -0.15) is 0 Å². The van der Waals surface area contributed by atoms with Crippen LogP contribution < -0.4 is 0 Å². The molecule has 1 amide bonds. The smallest absolute Gasteiger partial charge is 0.255 e. The van der Waals surface area contributed by atoms with E-state index < -0.39 is 0 Å². The third kappa shape index (κ3) is 3.27. The highest BCUT2D eigenvalue weighted by molar-refractivity contribution is 6.36. The van der Waals surface area contributed by atoms with E-state index in [-0.39, 0.29) is 12.0 Å². The standard InChI is InChI=1S/C15H17Cl2NO2/c16-11-3-4-13(14(17)7-11)15(19)18-6-5-12(8-18)20-9-10-1-2-10/h3-4,7,10,12H,1-2,5-6,8-9H2. The second kappa shape index (κ2) is 5.92. The van der Waals surface area contributed by atoms with E-state index in [0.717, 1.165) is 25.5 Å². The summed E-state index contributed by atoms with van der Waals surface area (Å²) in [5.41, 5.74) is 0.513. The number of halogens is 2. The van der Waals surface area contributed by atoms with Gasteiger partial charge in [-0.3, -0.25) is 4.79 Å². The molecule has 1 heterocycles. The first-order valence-corrected chi connectivity index (χ1v) is 7.75. The van der Waals surface area contributed by atoms with E-state index in [2.05, 4.69) is 0 Å². The second-order valence-corrected chi connectivity index (χ2v) is 6.41. The van der Waals surface area contributed by atoms with E-state index in [9.17, 15) is 4.79 Å². The van der Waals surface area contributed by atoms with Crippen LogP contribution in [-0.4, -0.2) is 36.6 Å². The molecule has 1 saturated carbocycles. The zero-order chi connectivity index (χ0) is 14.1. The van der Waals surface area contributed by atoms with E-state index in [1.807, 2.05) is 4.90 Å². The Hall–Kier alpha value is -0.770. The highest BCUT2D eigenvalue weighted by Crippen LogP contribution is 2.30. The molecule has 3 nitrogen and oxygen atoms in total. The molecule has 1 aliphatic heterocycles. The lowest BCUT2D eigenvalue weighted by Gasteiger charge is -2.17. The molecule has 20 heavy (non-hydrogen) atoms. The number of hydrogen-bond donors (Lipinski definition) is 0. The van der Waals surface area contributed by atoms with Crippen LogP contribution in [0, 0.1) is 5.92 Å². The quantitative estimate of drug-likeness (QED) is 0.849. The number of ether oxygens (including phenoxy) is 1. The van der Waals surface area contributed by atoms with Gasteiger partial charge in [0.25, 0.3) is 5.91 Å². The summed E-state index contributed by atoms with van der Waals surface area (Å²) in [6.45, 7) is 2.23. The molecule has 0 bridgehead atoms. The summed E-state index contributed by atoms with van der Waals surface area (Å²) in [5, 5.41) is 0.948. The van der Waals surface area contributed by atoms with E-state index in [1.54, 1.807) is 18.2 Å². The molecule has 108 valence electrons. The minimum atomic E-state index is -0.0378. The molecular weight excluding hydrogens is 297 g/mol. The largest absolute Gasteiger partial charge is 0.376 e. The van der Waals surface area contributed by atoms with Crippen LogP contribution in [-0.2, 0) is 4.74 Å². The van der Waals surface area contributed by atoms with Crippen LogP contribution in [0.3, 0.4) is 0 Å². The Bertz CT molecular complexity index is 517. The van der Waals surface area contributed by atoms with Crippen molar-refractivity contribution in [3.63, 3.8) is 0 Å². The summed E-state index contributed by atoms with van der Waals surface area (Å²) in [7, 11) is 0. The third-order valence-corrected chi connectivity index (χ3v) is 4.41. The summed E-state index contributed by atoms with van der Waals surface area (Å²) >= 11 is 11.9. The summed E-state index contributed by atoms with van der Waals surface area (Å²) in [5.74, 6) is 0.717. The summed E-state index contributed by atoms with van der Waals surface area (Å²) in [4.78, 5) is 14.2. The average Bonchev–Trinajstić information content (AvgIpc) is 3.13. The molecule has 0 spiro atoms. The van der Waals surface area contributed by atoms with Gasteiger partial charge in [0.05, 0.1) is 16.7 Å². The van der Waals surface area contributed by atoms with Gasteiger partial charge < -0.3 is 9.64 Å². The van der Waals surface area contributed by atoms with E-state index in [4.69, 9.17) is 27.9 Å². The third-order valence-electron chi connectivity index (χ3n) is 3.86. The van der Waals surface area contributed by atoms with Crippen LogP contribution in [0.1, 0.15) is 29.6 Å². The predicted octanol–water partition coefficient (Wildman–Crippen LogP) is 3.63. The topological polar surface area (TPSA) is 29.5 Å². The van der Waals surface area contributed by atoms with Gasteiger partial charge in [-0.25, -0.2) is 0 Å². The first-order chi connectivity index (χ1) is 9.63. The second-order valence-electron chi connectivity index (χ2n) is 5.56. The van der Waals surface area contributed by atoms with Crippen molar-refractivity contribution in [2.75, 3.05) is 19.7 Å². The minimum absolute atomic E-state index is 0.0378. The number of likely N-dealkylation sites (tertiary alicyclic amines) is 1. The number of carbonyl (C=O) groups excluding carboxylic acids is 1. The molecule has 1 aliphatic carbocycles. The van der Waals surface area contributed by atoms with E-state index in [1.165, 1.54) is 12.8 Å². The molecule has 0 N–H and O–H groups in total. The Balaban J connectivity index is 1.59. The molecule has 0 radical (unpaired) electrons. The summed E-state index contributed by atoms with van der Waals surface area (Å²) in [6, 6.07) is 4.98. The van der Waals surface area contributed by atoms with Gasteiger partial charge in [0.1, 0.15) is 0 Å². The maximum absolute atomic E-state index is 12.4. The van der Waals surface area contributed by atoms with Crippen molar-refractivity contribution in [3.05, 3.63) is 33.8 Å². The molecule has 1 atom stereocenters. The maximum atomic E-state index is 12.4. The number of hydrogen-bond acceptors (Lipinski definition) is 2. The van der Waals surface area contributed by atoms with Crippen molar-refractivity contribution in [2.45, 2.75) is 25.4 Å². The van der Waals surface area contributed by atoms with Crippen molar-refractivity contribution in [1.82, 2.24) is 4.90 Å². The van der Waals surface area contributed by atoms with Crippen molar-refractivity contribution >= 4 is 29.1 Å². The Labute approximate surface area is 128 Å². The lowest BCUT2D eigenvalue weighted by atomic mass is 10.2. The highest BCUT2D eigenvalue weighted by atomic mass is 35.5. The lowest BCUT2D eigenvalue weighted by Crippen LogP contribution is -2.30. The Morgan fingerprint density at radius 1 is 1.30 bits per heavy atom. The minimum Gasteiger partial charge on any atom is -0.376 e. The number of nitrogens with zero attached hydrogens (tertiary/aromatic N) is 1. The number of carbonyl (C=O) groups is 1. The van der Waals surface area contributed by atoms with Crippen molar-refractivity contribution in [2.24, 2.45) is 5.92 Å². The number of rotatable bonds is 4. The number of amides is 1. The first kappa shape index (κ1) is 14.2. The molecule has 1 unspecified atom stereocenters. The van der Waals surface area contributed by atoms with Crippen molar-refractivity contribution in [1.29, 1.82) is 0 Å². The molecule has 1 aromatic carbocycles. The van der Waals surface area contributed by atoms with Crippen molar-refractivity contribution in [3.8, 4) is 0 Å². The van der Waals surface area contributed by atoms with Crippen LogP contribution in [0.5, 0.6) is 0 Å². The maximum Gasteiger partial charge on any atom is 0.255 e. The molecule has 1 aromatic rings. The Morgan fingerprint density at radius 3 is 2.80 bits per heavy atom. The zero-order valence-electron chi connectivity index (χ0n) is 11.1. The normalized spacial score (nSPS) is 22.3. The van der Waals surface area contributed by atoms with Crippen LogP contribution in [0.4, 0.5) is 0 Å². The van der Waals surface area contributed by atoms with Gasteiger partial charge in [0, 0.05) is 24.7 Å². The van der Waals surface area contributed by atoms with E-state index in [0.29, 0.717) is 22.2 Å². The Kier molecular flexibility index (Phi) is 4.20. The fraction of sp³-hybridized carbons (Fsp3) is 0.533. The molecule has 2 aliphatic rings. The number of benzene rings is 1. The Morgan fingerprint density at radius 2 is 2.10 bits per heavy atom. The first-order valence-electron chi connectivity index (χ1n) is 6.99. The summed E-state index contributed by atoms with van der Waals surface area (Å²) in [6.07, 6.45) is 3.65. The van der Waals surface area contributed by atoms with E-state index >= 15 is 0 Å². The van der Waals surface area contributed by atoms with Crippen LogP contribution >= 0.6 is 23.2 Å². The highest BCUT2D eigenvalue weighted by Gasteiger charge is 2.30. The molecule has 5 heteroatoms. The van der Waals surface area contributed by atoms with Gasteiger partial charge in [-0.1, -0.05) is 23.2 Å². The SMILES string of the molecule is O=C(c1ccc(Cl)cc1Cl)N1CCC(OCC2CC2)C1. The molecule has 0 aromatic heterocycles. The van der Waals surface area contributed by atoms with Gasteiger partial charge >= 0.3 is 0 Å². The fourth-order valence-corrected chi connectivity index (χ4v) is 2.93. The molecular formula is C15H17Cl2NO2.